The highest BCUT2D eigenvalue weighted by Crippen LogP contribution is 2.61. The third kappa shape index (κ3) is 3.28. The molecule has 0 radical (unpaired) electrons. The summed E-state index contributed by atoms with van der Waals surface area (Å²) in [5.41, 5.74) is 0.977. The Balaban J connectivity index is 1.56. The Hall–Kier alpha value is -4.06. The number of hydrogen-bond acceptors (Lipinski definition) is 4. The molecule has 2 aliphatic heterocycles. The van der Waals surface area contributed by atoms with Gasteiger partial charge in [0.1, 0.15) is 17.3 Å². The minimum Gasteiger partial charge on any atom is -0.352 e. The van der Waals surface area contributed by atoms with Crippen molar-refractivity contribution in [2.75, 3.05) is 4.90 Å². The van der Waals surface area contributed by atoms with E-state index in [9.17, 15) is 18.8 Å². The van der Waals surface area contributed by atoms with Crippen molar-refractivity contribution >= 4 is 52.3 Å². The number of ketones is 3. The van der Waals surface area contributed by atoms with E-state index < -0.39 is 29.2 Å². The number of anilines is 1. The number of nitrogens with zero attached hydrogens (tertiary/aromatic N) is 1. The lowest BCUT2D eigenvalue weighted by atomic mass is 9.64. The van der Waals surface area contributed by atoms with Crippen molar-refractivity contribution in [3.63, 3.8) is 0 Å². The number of Topliss-reactive ketones (excluding diaryl/α,β-unsaturated/α-hetero) is 3. The van der Waals surface area contributed by atoms with Crippen LogP contribution in [0.4, 0.5) is 10.1 Å². The van der Waals surface area contributed by atoms with E-state index in [2.05, 4.69) is 0 Å². The summed E-state index contributed by atoms with van der Waals surface area (Å²) in [5.74, 6) is -2.38. The molecule has 7 rings (SSSR count). The smallest absolute Gasteiger partial charge is 0.185 e. The summed E-state index contributed by atoms with van der Waals surface area (Å²) in [6, 6.07) is 22.8. The first-order valence-electron chi connectivity index (χ1n) is 12.8. The van der Waals surface area contributed by atoms with Crippen LogP contribution in [0.3, 0.4) is 0 Å². The van der Waals surface area contributed by atoms with Crippen LogP contribution in [-0.2, 0) is 0 Å². The van der Waals surface area contributed by atoms with Crippen molar-refractivity contribution < 1.29 is 18.8 Å². The number of benzene rings is 4. The molecule has 4 aromatic carbocycles. The molecule has 1 saturated heterocycles. The molecule has 1 spiro atoms. The Morgan fingerprint density at radius 2 is 1.48 bits per heavy atom. The summed E-state index contributed by atoms with van der Waals surface area (Å²) in [7, 11) is 0. The van der Waals surface area contributed by atoms with E-state index in [0.717, 1.165) is 0 Å². The lowest BCUT2D eigenvalue weighted by molar-refractivity contribution is 0.0666. The molecule has 0 saturated carbocycles. The molecule has 3 atom stereocenters. The highest BCUT2D eigenvalue weighted by atomic mass is 35.5. The zero-order valence-electron chi connectivity index (χ0n) is 20.9. The number of hydrogen-bond donors (Lipinski definition) is 0. The minimum absolute atomic E-state index is 0.300. The molecular weight excluding hydrogens is 548 g/mol. The van der Waals surface area contributed by atoms with Crippen LogP contribution in [0.2, 0.25) is 10.0 Å². The van der Waals surface area contributed by atoms with Crippen molar-refractivity contribution in [3.05, 3.63) is 141 Å². The molecule has 0 aromatic heterocycles. The van der Waals surface area contributed by atoms with E-state index >= 15 is 0 Å². The van der Waals surface area contributed by atoms with E-state index in [0.29, 0.717) is 43.5 Å². The quantitative estimate of drug-likeness (QED) is 0.190. The van der Waals surface area contributed by atoms with Gasteiger partial charge >= 0.3 is 0 Å². The van der Waals surface area contributed by atoms with Crippen molar-refractivity contribution in [1.82, 2.24) is 0 Å². The maximum Gasteiger partial charge on any atom is 0.185 e. The first-order valence-corrected chi connectivity index (χ1v) is 13.6. The molecule has 196 valence electrons. The third-order valence-electron chi connectivity index (χ3n) is 8.40. The van der Waals surface area contributed by atoms with E-state index in [1.807, 2.05) is 4.90 Å². The fraction of sp³-hybridized carbons (Fsp3) is 0.121. The van der Waals surface area contributed by atoms with Gasteiger partial charge in [-0.25, -0.2) is 4.39 Å². The van der Waals surface area contributed by atoms with Crippen LogP contribution in [0, 0.1) is 11.2 Å². The predicted octanol–water partition coefficient (Wildman–Crippen LogP) is 7.45. The van der Waals surface area contributed by atoms with Crippen molar-refractivity contribution in [3.8, 4) is 0 Å². The van der Waals surface area contributed by atoms with Gasteiger partial charge in [0.2, 0.25) is 0 Å². The number of carbonyl (C=O) groups is 3. The van der Waals surface area contributed by atoms with E-state index in [4.69, 9.17) is 23.2 Å². The number of fused-ring (bicyclic) bond motifs is 5. The fourth-order valence-corrected chi connectivity index (χ4v) is 7.18. The Kier molecular flexibility index (Phi) is 5.60. The van der Waals surface area contributed by atoms with Gasteiger partial charge in [-0.15, -0.1) is 0 Å². The van der Waals surface area contributed by atoms with E-state index in [1.165, 1.54) is 12.1 Å². The Bertz CT molecular complexity index is 1750. The van der Waals surface area contributed by atoms with E-state index in [1.54, 1.807) is 91.0 Å². The summed E-state index contributed by atoms with van der Waals surface area (Å²) < 4.78 is 14.3. The van der Waals surface area contributed by atoms with Crippen LogP contribution in [0.1, 0.15) is 48.1 Å². The number of carbonyl (C=O) groups excluding carboxylic acids is 3. The molecule has 1 aliphatic carbocycles. The van der Waals surface area contributed by atoms with Gasteiger partial charge in [0.05, 0.1) is 6.04 Å². The van der Waals surface area contributed by atoms with Gasteiger partial charge in [-0.1, -0.05) is 77.8 Å². The molecule has 0 N–H and O–H groups in total. The summed E-state index contributed by atoms with van der Waals surface area (Å²) >= 11 is 12.9. The van der Waals surface area contributed by atoms with Gasteiger partial charge < -0.3 is 4.90 Å². The second-order valence-corrected chi connectivity index (χ2v) is 11.1. The summed E-state index contributed by atoms with van der Waals surface area (Å²) in [6.07, 6.45) is 3.48. The Labute approximate surface area is 239 Å². The van der Waals surface area contributed by atoms with Gasteiger partial charge in [0, 0.05) is 43.9 Å². The molecule has 2 heterocycles. The summed E-state index contributed by atoms with van der Waals surface area (Å²) in [5, 5.41) is 0.818. The monoisotopic (exact) mass is 567 g/mol. The molecule has 3 aliphatic rings. The Morgan fingerprint density at radius 1 is 0.825 bits per heavy atom. The third-order valence-corrected chi connectivity index (χ3v) is 9.00. The average Bonchev–Trinajstić information content (AvgIpc) is 3.39. The van der Waals surface area contributed by atoms with E-state index in [-0.39, 0.29) is 17.3 Å². The first kappa shape index (κ1) is 24.9. The molecular formula is C33H20Cl2FNO3. The van der Waals surface area contributed by atoms with Gasteiger partial charge in [0.15, 0.2) is 17.3 Å². The highest BCUT2D eigenvalue weighted by Gasteiger charge is 2.71. The van der Waals surface area contributed by atoms with Gasteiger partial charge in [-0.05, 0) is 54.1 Å². The van der Waals surface area contributed by atoms with Gasteiger partial charge in [-0.2, -0.15) is 0 Å². The maximum absolute atomic E-state index is 14.6. The van der Waals surface area contributed by atoms with Gasteiger partial charge in [-0.3, -0.25) is 14.4 Å². The predicted molar refractivity (Wildman–Crippen MR) is 153 cm³/mol. The molecule has 4 aromatic rings. The zero-order valence-corrected chi connectivity index (χ0v) is 22.4. The molecule has 40 heavy (non-hydrogen) atoms. The van der Waals surface area contributed by atoms with Crippen molar-refractivity contribution in [1.29, 1.82) is 0 Å². The van der Waals surface area contributed by atoms with Gasteiger partial charge in [0.25, 0.3) is 0 Å². The van der Waals surface area contributed by atoms with Crippen LogP contribution >= 0.6 is 23.2 Å². The molecule has 1 unspecified atom stereocenters. The second kappa shape index (κ2) is 8.98. The van der Waals surface area contributed by atoms with Crippen LogP contribution in [0.5, 0.6) is 0 Å². The second-order valence-electron chi connectivity index (χ2n) is 10.3. The SMILES string of the molecule is O=C(c1ccc(Cl)cc1)[C@H]1[C@H](c2ccccc2Cl)C2(C(=O)c3ccccc3C2=O)C2C=Cc3cc(F)ccc3N21. The summed E-state index contributed by atoms with van der Waals surface area (Å²) in [6.45, 7) is 0. The standard InChI is InChI=1S/C33H20Cl2FNO3/c34-20-12-9-18(10-13-20)30(38)29-28(24-7-3-4-8-25(24)35)33(31(39)22-5-1-2-6-23(22)32(33)40)27-16-11-19-17-21(36)14-15-26(19)37(27)29/h1-17,27-29H/t27?,28-,29+/m0/s1. The number of halogens is 3. The minimum atomic E-state index is -1.68. The lowest BCUT2D eigenvalue weighted by Gasteiger charge is -2.37. The first-order chi connectivity index (χ1) is 19.3. The molecule has 0 bridgehead atoms. The lowest BCUT2D eigenvalue weighted by Crippen LogP contribution is -2.48. The van der Waals surface area contributed by atoms with Crippen molar-refractivity contribution in [2.24, 2.45) is 5.41 Å². The Morgan fingerprint density at radius 3 is 2.15 bits per heavy atom. The number of rotatable bonds is 3. The molecule has 0 amide bonds. The van der Waals surface area contributed by atoms with Crippen LogP contribution in [-0.4, -0.2) is 29.4 Å². The fourth-order valence-electron chi connectivity index (χ4n) is 6.80. The van der Waals surface area contributed by atoms with Crippen molar-refractivity contribution in [2.45, 2.75) is 18.0 Å². The maximum atomic E-state index is 14.6. The van der Waals surface area contributed by atoms with Crippen LogP contribution in [0.15, 0.2) is 97.1 Å². The molecule has 4 nitrogen and oxygen atoms in total. The highest BCUT2D eigenvalue weighted by molar-refractivity contribution is 6.34. The molecule has 1 fully saturated rings. The van der Waals surface area contributed by atoms with Crippen LogP contribution < -0.4 is 4.90 Å². The zero-order chi connectivity index (χ0) is 27.8. The molecule has 7 heteroatoms. The average molecular weight is 568 g/mol. The summed E-state index contributed by atoms with van der Waals surface area (Å²) in [4.78, 5) is 45.6. The topological polar surface area (TPSA) is 54.5 Å². The van der Waals surface area contributed by atoms with Crippen LogP contribution in [0.25, 0.3) is 6.08 Å². The largest absolute Gasteiger partial charge is 0.352 e. The normalized spacial score (nSPS) is 21.9.